The zero-order valence-corrected chi connectivity index (χ0v) is 19.3. The van der Waals surface area contributed by atoms with Gasteiger partial charge in [0.25, 0.3) is 0 Å². The average molecular weight is 444 g/mol. The molecule has 1 saturated heterocycles. The fourth-order valence-electron chi connectivity index (χ4n) is 4.41. The molecule has 2 aliphatic heterocycles. The molecule has 2 aromatic carbocycles. The van der Waals surface area contributed by atoms with E-state index in [0.29, 0.717) is 23.9 Å². The Kier molecular flexibility index (Phi) is 6.79. The van der Waals surface area contributed by atoms with Crippen molar-refractivity contribution in [1.82, 2.24) is 4.90 Å². The van der Waals surface area contributed by atoms with E-state index >= 15 is 0 Å². The van der Waals surface area contributed by atoms with Crippen LogP contribution in [0.2, 0.25) is 0 Å². The van der Waals surface area contributed by atoms with Gasteiger partial charge >= 0.3 is 0 Å². The van der Waals surface area contributed by atoms with E-state index in [9.17, 15) is 4.39 Å². The van der Waals surface area contributed by atoms with Gasteiger partial charge in [-0.2, -0.15) is 5.26 Å². The first-order valence-corrected chi connectivity index (χ1v) is 11.5. The monoisotopic (exact) mass is 443 g/mol. The Morgan fingerprint density at radius 3 is 2.45 bits per heavy atom. The minimum absolute atomic E-state index is 0.0287. The largest absolute Gasteiger partial charge is 0.405 e. The van der Waals surface area contributed by atoms with Gasteiger partial charge in [0.05, 0.1) is 23.5 Å². The number of rotatable bonds is 5. The van der Waals surface area contributed by atoms with Gasteiger partial charge in [0.15, 0.2) is 0 Å². The molecule has 2 aliphatic rings. The number of piperidine rings is 1. The number of likely N-dealkylation sites (tertiary alicyclic amines) is 1. The van der Waals surface area contributed by atoms with Gasteiger partial charge in [0.2, 0.25) is 0 Å². The number of nitriles is 1. The second-order valence-electron chi connectivity index (χ2n) is 8.81. The van der Waals surface area contributed by atoms with Gasteiger partial charge in [-0.15, -0.1) is 0 Å². The number of hydrogen-bond donors (Lipinski definition) is 1. The Morgan fingerprint density at radius 1 is 1.12 bits per heavy atom. The summed E-state index contributed by atoms with van der Waals surface area (Å²) in [6.07, 6.45) is 7.01. The van der Waals surface area contributed by atoms with Crippen LogP contribution >= 0.6 is 0 Å². The number of hydrogen-bond acceptors (Lipinski definition) is 5. The van der Waals surface area contributed by atoms with Crippen LogP contribution in [0.25, 0.3) is 0 Å². The van der Waals surface area contributed by atoms with Crippen LogP contribution in [0.4, 0.5) is 10.1 Å². The summed E-state index contributed by atoms with van der Waals surface area (Å²) >= 11 is 0. The number of nitrogens with two attached hydrogens (primary N) is 1. The highest BCUT2D eigenvalue weighted by Gasteiger charge is 2.28. The highest BCUT2D eigenvalue weighted by Crippen LogP contribution is 2.31. The Labute approximate surface area is 195 Å². The maximum Gasteiger partial charge on any atom is 0.141 e. The van der Waals surface area contributed by atoms with Gasteiger partial charge < -0.3 is 15.5 Å². The van der Waals surface area contributed by atoms with Gasteiger partial charge in [-0.1, -0.05) is 26.0 Å². The lowest BCUT2D eigenvalue weighted by atomic mass is 10.0. The van der Waals surface area contributed by atoms with Crippen molar-refractivity contribution in [3.05, 3.63) is 88.6 Å². The molecule has 0 unspecified atom stereocenters. The Hall–Kier alpha value is -3.59. The molecule has 0 atom stereocenters. The molecule has 0 aliphatic carbocycles. The SMILES string of the molecule is CC(C)c1ccc(N2C/C(=C(\C=C/N)N3CCCCC3)N=C2c2ccc(C#N)c(F)c2)cc1. The first-order chi connectivity index (χ1) is 16.0. The normalized spacial score (nSPS) is 18.1. The van der Waals surface area contributed by atoms with Crippen LogP contribution in [0.3, 0.4) is 0 Å². The quantitative estimate of drug-likeness (QED) is 0.685. The Balaban J connectivity index is 1.80. The molecular formula is C27H30FN5. The molecule has 4 rings (SSSR count). The van der Waals surface area contributed by atoms with Crippen molar-refractivity contribution in [2.75, 3.05) is 24.5 Å². The van der Waals surface area contributed by atoms with Crippen LogP contribution in [-0.4, -0.2) is 30.4 Å². The summed E-state index contributed by atoms with van der Waals surface area (Å²) in [5.74, 6) is 0.572. The smallest absolute Gasteiger partial charge is 0.141 e. The zero-order chi connectivity index (χ0) is 23.4. The van der Waals surface area contributed by atoms with E-state index in [1.807, 2.05) is 12.1 Å². The maximum atomic E-state index is 14.5. The van der Waals surface area contributed by atoms with E-state index < -0.39 is 5.82 Å². The molecule has 0 amide bonds. The van der Waals surface area contributed by atoms with Crippen molar-refractivity contribution in [2.24, 2.45) is 10.7 Å². The second kappa shape index (κ2) is 9.91. The second-order valence-corrected chi connectivity index (χ2v) is 8.81. The van der Waals surface area contributed by atoms with E-state index in [-0.39, 0.29) is 5.56 Å². The predicted molar refractivity (Wildman–Crippen MR) is 131 cm³/mol. The number of halogens is 1. The molecule has 6 heteroatoms. The summed E-state index contributed by atoms with van der Waals surface area (Å²) < 4.78 is 14.5. The van der Waals surface area contributed by atoms with Crippen LogP contribution in [0.1, 0.15) is 55.7 Å². The Bertz CT molecular complexity index is 1130. The van der Waals surface area contributed by atoms with E-state index in [0.717, 1.165) is 43.0 Å². The fraction of sp³-hybridized carbons (Fsp3) is 0.333. The minimum Gasteiger partial charge on any atom is -0.405 e. The highest BCUT2D eigenvalue weighted by molar-refractivity contribution is 6.12. The summed E-state index contributed by atoms with van der Waals surface area (Å²) in [7, 11) is 0. The van der Waals surface area contributed by atoms with E-state index in [2.05, 4.69) is 47.9 Å². The van der Waals surface area contributed by atoms with E-state index in [1.165, 1.54) is 24.1 Å². The molecule has 0 bridgehead atoms. The summed E-state index contributed by atoms with van der Waals surface area (Å²) in [4.78, 5) is 9.44. The molecule has 170 valence electrons. The van der Waals surface area contributed by atoms with Gasteiger partial charge in [-0.25, -0.2) is 9.38 Å². The maximum absolute atomic E-state index is 14.5. The third kappa shape index (κ3) is 4.78. The van der Waals surface area contributed by atoms with Crippen molar-refractivity contribution < 1.29 is 4.39 Å². The van der Waals surface area contributed by atoms with E-state index in [4.69, 9.17) is 16.0 Å². The molecule has 0 saturated carbocycles. The first-order valence-electron chi connectivity index (χ1n) is 11.5. The number of benzene rings is 2. The number of amidine groups is 1. The molecule has 5 nitrogen and oxygen atoms in total. The average Bonchev–Trinajstić information content (AvgIpc) is 3.28. The van der Waals surface area contributed by atoms with Crippen LogP contribution in [-0.2, 0) is 0 Å². The first kappa shape index (κ1) is 22.6. The van der Waals surface area contributed by atoms with Crippen LogP contribution < -0.4 is 10.6 Å². The zero-order valence-electron chi connectivity index (χ0n) is 19.3. The number of aliphatic imine (C=N–C) groups is 1. The molecule has 0 spiro atoms. The standard InChI is InChI=1S/C27H30FN5/c1-19(2)20-8-10-23(11-9-20)33-18-25(26(12-13-29)32-14-4-3-5-15-32)31-27(33)21-6-7-22(17-30)24(28)16-21/h6-13,16,19H,3-5,14-15,18,29H2,1-2H3/b13-12-,26-25-. The highest BCUT2D eigenvalue weighted by atomic mass is 19.1. The summed E-state index contributed by atoms with van der Waals surface area (Å²) in [5, 5.41) is 9.13. The number of allylic oxidation sites excluding steroid dienone is 1. The molecular weight excluding hydrogens is 413 g/mol. The van der Waals surface area contributed by atoms with Gasteiger partial charge in [0, 0.05) is 24.3 Å². The van der Waals surface area contributed by atoms with Crippen LogP contribution in [0, 0.1) is 17.1 Å². The molecule has 2 N–H and O–H groups in total. The van der Waals surface area contributed by atoms with Crippen molar-refractivity contribution in [1.29, 1.82) is 5.26 Å². The third-order valence-corrected chi connectivity index (χ3v) is 6.27. The number of nitrogens with zero attached hydrogens (tertiary/aromatic N) is 4. The minimum atomic E-state index is -0.539. The molecule has 33 heavy (non-hydrogen) atoms. The molecule has 0 aromatic heterocycles. The van der Waals surface area contributed by atoms with Gasteiger partial charge in [-0.05, 0) is 73.4 Å². The lowest BCUT2D eigenvalue weighted by Crippen LogP contribution is -2.31. The number of anilines is 1. The van der Waals surface area contributed by atoms with Crippen molar-refractivity contribution in [2.45, 2.75) is 39.0 Å². The van der Waals surface area contributed by atoms with Crippen molar-refractivity contribution in [3.8, 4) is 6.07 Å². The van der Waals surface area contributed by atoms with Gasteiger partial charge in [-0.3, -0.25) is 0 Å². The lowest BCUT2D eigenvalue weighted by Gasteiger charge is -2.30. The van der Waals surface area contributed by atoms with Crippen LogP contribution in [0.5, 0.6) is 0 Å². The predicted octanol–water partition coefficient (Wildman–Crippen LogP) is 5.26. The van der Waals surface area contributed by atoms with Gasteiger partial charge in [0.1, 0.15) is 17.7 Å². The molecule has 1 fully saturated rings. The summed E-state index contributed by atoms with van der Waals surface area (Å²) in [6.45, 7) is 6.85. The molecule has 2 heterocycles. The van der Waals surface area contributed by atoms with E-state index in [1.54, 1.807) is 12.3 Å². The van der Waals surface area contributed by atoms with Crippen molar-refractivity contribution in [3.63, 3.8) is 0 Å². The Morgan fingerprint density at radius 2 is 1.85 bits per heavy atom. The van der Waals surface area contributed by atoms with Crippen molar-refractivity contribution >= 4 is 11.5 Å². The van der Waals surface area contributed by atoms with Crippen LogP contribution in [0.15, 0.2) is 71.1 Å². The summed E-state index contributed by atoms with van der Waals surface area (Å²) in [6, 6.07) is 15.0. The topological polar surface area (TPSA) is 68.7 Å². The summed E-state index contributed by atoms with van der Waals surface area (Å²) in [5.41, 5.74) is 10.7. The fourth-order valence-corrected chi connectivity index (χ4v) is 4.41. The molecule has 0 radical (unpaired) electrons. The third-order valence-electron chi connectivity index (χ3n) is 6.27. The lowest BCUT2D eigenvalue weighted by molar-refractivity contribution is 0.290. The molecule has 2 aromatic rings.